The summed E-state index contributed by atoms with van der Waals surface area (Å²) in [5.74, 6) is -1.07. The minimum absolute atomic E-state index is 0.182. The Bertz CT molecular complexity index is 731. The van der Waals surface area contributed by atoms with Crippen LogP contribution in [-0.4, -0.2) is 39.6 Å². The summed E-state index contributed by atoms with van der Waals surface area (Å²) in [5, 5.41) is 5.12. The normalized spacial score (nSPS) is 12.2. The van der Waals surface area contributed by atoms with Crippen molar-refractivity contribution < 1.29 is 14.3 Å². The maximum atomic E-state index is 12.1. The molecule has 2 heterocycles. The lowest BCUT2D eigenvalue weighted by molar-refractivity contribution is -0.142. The lowest BCUT2D eigenvalue weighted by Crippen LogP contribution is -2.39. The highest BCUT2D eigenvalue weighted by Crippen LogP contribution is 2.06. The Labute approximate surface area is 113 Å². The van der Waals surface area contributed by atoms with Gasteiger partial charge in [0.25, 0.3) is 11.5 Å². The number of aromatic amines is 1. The van der Waals surface area contributed by atoms with Gasteiger partial charge in [-0.1, -0.05) is 0 Å². The van der Waals surface area contributed by atoms with E-state index in [4.69, 9.17) is 0 Å². The van der Waals surface area contributed by atoms with Crippen LogP contribution < -0.4 is 10.9 Å². The number of aryl methyl sites for hydroxylation is 1. The molecule has 0 aliphatic carbocycles. The summed E-state index contributed by atoms with van der Waals surface area (Å²) in [6.07, 6.45) is 1.36. The number of H-pyrrole nitrogens is 1. The molecule has 0 aromatic carbocycles. The molecule has 1 amide bonds. The van der Waals surface area contributed by atoms with Gasteiger partial charge in [0.15, 0.2) is 5.65 Å². The van der Waals surface area contributed by atoms with Gasteiger partial charge in [-0.25, -0.2) is 14.3 Å². The van der Waals surface area contributed by atoms with Crippen LogP contribution in [0.4, 0.5) is 0 Å². The van der Waals surface area contributed by atoms with Crippen LogP contribution in [0, 0.1) is 6.92 Å². The average molecular weight is 278 g/mol. The SMILES string of the molecule is COC(=O)[C@@H](C)NC(=O)c1c[nH]n2c(=O)cc(C)nc12. The van der Waals surface area contributed by atoms with E-state index in [1.54, 1.807) is 6.92 Å². The number of esters is 1. The second kappa shape index (κ2) is 5.16. The Hall–Kier alpha value is -2.64. The minimum atomic E-state index is -0.793. The smallest absolute Gasteiger partial charge is 0.328 e. The molecule has 0 radical (unpaired) electrons. The monoisotopic (exact) mass is 278 g/mol. The molecule has 0 unspecified atom stereocenters. The molecule has 0 bridgehead atoms. The maximum Gasteiger partial charge on any atom is 0.328 e. The van der Waals surface area contributed by atoms with E-state index in [0.29, 0.717) is 5.69 Å². The molecule has 0 aliphatic rings. The highest BCUT2D eigenvalue weighted by atomic mass is 16.5. The summed E-state index contributed by atoms with van der Waals surface area (Å²) in [7, 11) is 1.24. The van der Waals surface area contributed by atoms with Crippen molar-refractivity contribution >= 4 is 17.5 Å². The minimum Gasteiger partial charge on any atom is -0.467 e. The number of fused-ring (bicyclic) bond motifs is 1. The average Bonchev–Trinajstić information content (AvgIpc) is 2.81. The van der Waals surface area contributed by atoms with Crippen LogP contribution in [0.5, 0.6) is 0 Å². The van der Waals surface area contributed by atoms with Crippen LogP contribution in [0.15, 0.2) is 17.1 Å². The molecule has 0 spiro atoms. The number of carbonyl (C=O) groups excluding carboxylic acids is 2. The van der Waals surface area contributed by atoms with E-state index in [1.165, 1.54) is 26.3 Å². The molecule has 0 saturated carbocycles. The van der Waals surface area contributed by atoms with Crippen molar-refractivity contribution in [2.45, 2.75) is 19.9 Å². The molecule has 106 valence electrons. The Morgan fingerprint density at radius 3 is 2.85 bits per heavy atom. The van der Waals surface area contributed by atoms with Crippen molar-refractivity contribution in [3.8, 4) is 0 Å². The molecule has 0 aliphatic heterocycles. The van der Waals surface area contributed by atoms with Crippen LogP contribution >= 0.6 is 0 Å². The van der Waals surface area contributed by atoms with Crippen molar-refractivity contribution in [3.63, 3.8) is 0 Å². The fourth-order valence-electron chi connectivity index (χ4n) is 1.77. The summed E-state index contributed by atoms with van der Waals surface area (Å²) < 4.78 is 5.68. The predicted octanol–water partition coefficient (Wildman–Crippen LogP) is -0.378. The van der Waals surface area contributed by atoms with Gasteiger partial charge in [0, 0.05) is 18.0 Å². The first kappa shape index (κ1) is 13.8. The molecular weight excluding hydrogens is 264 g/mol. The van der Waals surface area contributed by atoms with Crippen molar-refractivity contribution in [2.75, 3.05) is 7.11 Å². The first-order valence-electron chi connectivity index (χ1n) is 5.90. The van der Waals surface area contributed by atoms with Gasteiger partial charge in [-0.2, -0.15) is 0 Å². The number of hydrogen-bond acceptors (Lipinski definition) is 5. The second-order valence-electron chi connectivity index (χ2n) is 4.30. The van der Waals surface area contributed by atoms with E-state index in [0.717, 1.165) is 4.52 Å². The molecule has 2 N–H and O–H groups in total. The number of methoxy groups -OCH3 is 1. The third-order valence-electron chi connectivity index (χ3n) is 2.77. The highest BCUT2D eigenvalue weighted by Gasteiger charge is 2.20. The molecular formula is C12H14N4O4. The van der Waals surface area contributed by atoms with Crippen LogP contribution in [-0.2, 0) is 9.53 Å². The first-order valence-corrected chi connectivity index (χ1v) is 5.90. The summed E-state index contributed by atoms with van der Waals surface area (Å²) in [6, 6.07) is 0.557. The predicted molar refractivity (Wildman–Crippen MR) is 69.5 cm³/mol. The van der Waals surface area contributed by atoms with Crippen molar-refractivity contribution in [1.29, 1.82) is 0 Å². The number of nitrogens with zero attached hydrogens (tertiary/aromatic N) is 2. The lowest BCUT2D eigenvalue weighted by atomic mass is 10.2. The van der Waals surface area contributed by atoms with E-state index >= 15 is 0 Å². The maximum absolute atomic E-state index is 12.1. The highest BCUT2D eigenvalue weighted by molar-refractivity contribution is 6.01. The Morgan fingerprint density at radius 1 is 1.50 bits per heavy atom. The van der Waals surface area contributed by atoms with E-state index < -0.39 is 17.9 Å². The summed E-state index contributed by atoms with van der Waals surface area (Å²) in [4.78, 5) is 39.2. The van der Waals surface area contributed by atoms with Crippen molar-refractivity contribution in [1.82, 2.24) is 19.9 Å². The number of rotatable bonds is 3. The Kier molecular flexibility index (Phi) is 3.55. The fraction of sp³-hybridized carbons (Fsp3) is 0.333. The van der Waals surface area contributed by atoms with Crippen LogP contribution in [0.3, 0.4) is 0 Å². The number of hydrogen-bond donors (Lipinski definition) is 2. The number of carbonyl (C=O) groups is 2. The van der Waals surface area contributed by atoms with Crippen molar-refractivity contribution in [3.05, 3.63) is 33.9 Å². The van der Waals surface area contributed by atoms with Gasteiger partial charge in [-0.3, -0.25) is 14.7 Å². The molecule has 0 saturated heterocycles. The second-order valence-corrected chi connectivity index (χ2v) is 4.30. The zero-order valence-electron chi connectivity index (χ0n) is 11.3. The zero-order valence-corrected chi connectivity index (χ0v) is 11.3. The van der Waals surface area contributed by atoms with Gasteiger partial charge in [-0.05, 0) is 13.8 Å². The molecule has 0 fully saturated rings. The molecule has 2 aromatic heterocycles. The van der Waals surface area contributed by atoms with E-state index in [-0.39, 0.29) is 16.8 Å². The van der Waals surface area contributed by atoms with Crippen LogP contribution in [0.1, 0.15) is 23.0 Å². The number of nitrogens with one attached hydrogen (secondary N) is 2. The third kappa shape index (κ3) is 2.40. The fourth-order valence-corrected chi connectivity index (χ4v) is 1.77. The molecule has 20 heavy (non-hydrogen) atoms. The number of amides is 1. The van der Waals surface area contributed by atoms with Gasteiger partial charge in [-0.15, -0.1) is 0 Å². The van der Waals surface area contributed by atoms with Gasteiger partial charge in [0.05, 0.1) is 7.11 Å². The van der Waals surface area contributed by atoms with E-state index in [2.05, 4.69) is 20.1 Å². The van der Waals surface area contributed by atoms with E-state index in [1.807, 2.05) is 0 Å². The summed E-state index contributed by atoms with van der Waals surface area (Å²) in [6.45, 7) is 3.16. The van der Waals surface area contributed by atoms with Crippen LogP contribution in [0.2, 0.25) is 0 Å². The molecule has 1 atom stereocenters. The van der Waals surface area contributed by atoms with Crippen molar-refractivity contribution in [2.24, 2.45) is 0 Å². The van der Waals surface area contributed by atoms with Gasteiger partial charge in [0.1, 0.15) is 11.6 Å². The van der Waals surface area contributed by atoms with E-state index in [9.17, 15) is 14.4 Å². The van der Waals surface area contributed by atoms with Gasteiger partial charge < -0.3 is 10.1 Å². The van der Waals surface area contributed by atoms with Gasteiger partial charge in [0.2, 0.25) is 0 Å². The molecule has 2 rings (SSSR count). The van der Waals surface area contributed by atoms with Gasteiger partial charge >= 0.3 is 5.97 Å². The molecule has 8 heteroatoms. The van der Waals surface area contributed by atoms with Crippen LogP contribution in [0.25, 0.3) is 5.65 Å². The molecule has 8 nitrogen and oxygen atoms in total. The summed E-state index contributed by atoms with van der Waals surface area (Å²) >= 11 is 0. The number of aromatic nitrogens is 3. The summed E-state index contributed by atoms with van der Waals surface area (Å²) in [5.41, 5.74) is 0.586. The lowest BCUT2D eigenvalue weighted by Gasteiger charge is -2.10. The topological polar surface area (TPSA) is 106 Å². The zero-order chi connectivity index (χ0) is 14.9. The molecule has 2 aromatic rings. The largest absolute Gasteiger partial charge is 0.467 e. The number of ether oxygens (including phenoxy) is 1. The Balaban J connectivity index is 2.36. The third-order valence-corrected chi connectivity index (χ3v) is 2.77. The first-order chi connectivity index (χ1) is 9.43. The Morgan fingerprint density at radius 2 is 2.20 bits per heavy atom. The quantitative estimate of drug-likeness (QED) is 0.745. The standard InChI is InChI=1S/C12H14N4O4/c1-6-4-9(17)16-10(14-6)8(5-13-16)11(18)15-7(2)12(19)20-3/h4-5,7,13H,1-3H3,(H,15,18)/t7-/m1/s1.